The van der Waals surface area contributed by atoms with Crippen molar-refractivity contribution in [2.45, 2.75) is 31.7 Å². The number of likely N-dealkylation sites (N-methyl/N-ethyl adjacent to an activating group) is 1. The molecule has 1 aromatic rings. The van der Waals surface area contributed by atoms with Crippen LogP contribution in [-0.2, 0) is 11.2 Å². The van der Waals surface area contributed by atoms with Gasteiger partial charge in [-0.1, -0.05) is 6.07 Å². The first-order valence-electron chi connectivity index (χ1n) is 10.4. The molecule has 0 bridgehead atoms. The van der Waals surface area contributed by atoms with Crippen molar-refractivity contribution in [3.8, 4) is 11.5 Å². The Hall–Kier alpha value is -2.48. The summed E-state index contributed by atoms with van der Waals surface area (Å²) in [7, 11) is 5.45. The number of likely N-dealkylation sites (tertiary alicyclic amines) is 1. The monoisotopic (exact) mass is 403 g/mol. The predicted molar refractivity (Wildman–Crippen MR) is 114 cm³/mol. The van der Waals surface area contributed by atoms with Gasteiger partial charge in [0.25, 0.3) is 0 Å². The molecule has 8 heteroatoms. The number of nitrogens with one attached hydrogen (secondary N) is 2. The normalized spacial score (nSPS) is 18.7. The van der Waals surface area contributed by atoms with Crippen molar-refractivity contribution < 1.29 is 14.3 Å². The number of hydrogen-bond donors (Lipinski definition) is 2. The fraction of sp³-hybridized carbons (Fsp3) is 0.619. The highest BCUT2D eigenvalue weighted by Gasteiger charge is 2.30. The molecule has 0 saturated carbocycles. The van der Waals surface area contributed by atoms with Crippen LogP contribution in [0, 0.1) is 0 Å². The minimum atomic E-state index is 0.0455. The van der Waals surface area contributed by atoms with Crippen LogP contribution in [0.25, 0.3) is 0 Å². The van der Waals surface area contributed by atoms with E-state index in [9.17, 15) is 4.79 Å². The summed E-state index contributed by atoms with van der Waals surface area (Å²) in [5.74, 6) is 2.65. The molecular weight excluding hydrogens is 370 g/mol. The zero-order valence-electron chi connectivity index (χ0n) is 17.7. The molecule has 0 aromatic heterocycles. The highest BCUT2D eigenvalue weighted by molar-refractivity contribution is 5.81. The van der Waals surface area contributed by atoms with Crippen LogP contribution >= 0.6 is 0 Å². The van der Waals surface area contributed by atoms with Crippen molar-refractivity contribution in [2.24, 2.45) is 4.99 Å². The van der Waals surface area contributed by atoms with E-state index in [1.165, 1.54) is 5.56 Å². The summed E-state index contributed by atoms with van der Waals surface area (Å²) in [6, 6.07) is 6.09. The van der Waals surface area contributed by atoms with E-state index in [0.29, 0.717) is 6.79 Å². The molecule has 2 aliphatic heterocycles. The Morgan fingerprint density at radius 3 is 2.83 bits per heavy atom. The second kappa shape index (κ2) is 10.3. The Labute approximate surface area is 173 Å². The van der Waals surface area contributed by atoms with Gasteiger partial charge in [-0.15, -0.1) is 0 Å². The standard InChI is InChI=1S/C21H33N5O3/c1-22-21(24-11-9-16-7-8-18-19(14-16)29-15-28-18)23-10-5-13-26-12-4-6-17(26)20(27)25(2)3/h7-8,14,17H,4-6,9-13,15H2,1-3H3,(H2,22,23,24). The maximum atomic E-state index is 12.3. The van der Waals surface area contributed by atoms with Gasteiger partial charge in [0.15, 0.2) is 17.5 Å². The molecule has 0 spiro atoms. The van der Waals surface area contributed by atoms with Crippen molar-refractivity contribution in [1.82, 2.24) is 20.4 Å². The smallest absolute Gasteiger partial charge is 0.239 e. The highest BCUT2D eigenvalue weighted by Crippen LogP contribution is 2.32. The molecule has 1 unspecified atom stereocenters. The van der Waals surface area contributed by atoms with Gasteiger partial charge in [-0.25, -0.2) is 0 Å². The Balaban J connectivity index is 1.34. The fourth-order valence-corrected chi connectivity index (χ4v) is 3.80. The lowest BCUT2D eigenvalue weighted by Crippen LogP contribution is -2.44. The third-order valence-corrected chi connectivity index (χ3v) is 5.37. The number of aliphatic imine (C=N–C) groups is 1. The summed E-state index contributed by atoms with van der Waals surface area (Å²) in [6.07, 6.45) is 3.91. The van der Waals surface area contributed by atoms with Gasteiger partial charge in [-0.05, 0) is 49.9 Å². The van der Waals surface area contributed by atoms with E-state index < -0.39 is 0 Å². The van der Waals surface area contributed by atoms with Gasteiger partial charge in [0, 0.05) is 40.8 Å². The van der Waals surface area contributed by atoms with E-state index in [1.807, 2.05) is 26.2 Å². The zero-order valence-corrected chi connectivity index (χ0v) is 17.7. The predicted octanol–water partition coefficient (Wildman–Crippen LogP) is 1.07. The Bertz CT molecular complexity index is 722. The van der Waals surface area contributed by atoms with Gasteiger partial charge in [0.2, 0.25) is 12.7 Å². The molecule has 0 aliphatic carbocycles. The van der Waals surface area contributed by atoms with E-state index in [-0.39, 0.29) is 11.9 Å². The van der Waals surface area contributed by atoms with Crippen LogP contribution in [0.5, 0.6) is 11.5 Å². The summed E-state index contributed by atoms with van der Waals surface area (Å²) in [5.41, 5.74) is 1.20. The summed E-state index contributed by atoms with van der Waals surface area (Å²) in [6.45, 7) is 3.83. The average Bonchev–Trinajstić information content (AvgIpc) is 3.37. The van der Waals surface area contributed by atoms with Gasteiger partial charge in [-0.2, -0.15) is 0 Å². The lowest BCUT2D eigenvalue weighted by Gasteiger charge is -2.26. The number of nitrogens with zero attached hydrogens (tertiary/aromatic N) is 3. The fourth-order valence-electron chi connectivity index (χ4n) is 3.80. The number of fused-ring (bicyclic) bond motifs is 1. The first kappa shape index (κ1) is 21.2. The third-order valence-electron chi connectivity index (χ3n) is 5.37. The van der Waals surface area contributed by atoms with Gasteiger partial charge < -0.3 is 25.0 Å². The summed E-state index contributed by atoms with van der Waals surface area (Å²) in [5, 5.41) is 6.71. The average molecular weight is 404 g/mol. The van der Waals surface area contributed by atoms with Crippen LogP contribution in [0.4, 0.5) is 0 Å². The zero-order chi connectivity index (χ0) is 20.6. The molecular formula is C21H33N5O3. The van der Waals surface area contributed by atoms with Gasteiger partial charge in [0.1, 0.15) is 0 Å². The second-order valence-corrected chi connectivity index (χ2v) is 7.64. The molecule has 1 aromatic carbocycles. The second-order valence-electron chi connectivity index (χ2n) is 7.64. The molecule has 1 fully saturated rings. The molecule has 0 radical (unpaired) electrons. The summed E-state index contributed by atoms with van der Waals surface area (Å²) < 4.78 is 10.8. The summed E-state index contributed by atoms with van der Waals surface area (Å²) >= 11 is 0. The number of hydrogen-bond acceptors (Lipinski definition) is 5. The van der Waals surface area contributed by atoms with E-state index in [2.05, 4.69) is 26.6 Å². The molecule has 29 heavy (non-hydrogen) atoms. The minimum Gasteiger partial charge on any atom is -0.454 e. The van der Waals surface area contributed by atoms with Crippen molar-refractivity contribution in [1.29, 1.82) is 0 Å². The first-order chi connectivity index (χ1) is 14.1. The molecule has 1 saturated heterocycles. The topological polar surface area (TPSA) is 78.4 Å². The van der Waals surface area contributed by atoms with Crippen LogP contribution in [0.1, 0.15) is 24.8 Å². The quantitative estimate of drug-likeness (QED) is 0.384. The Morgan fingerprint density at radius 2 is 2.03 bits per heavy atom. The number of rotatable bonds is 8. The van der Waals surface area contributed by atoms with Crippen molar-refractivity contribution in [3.63, 3.8) is 0 Å². The highest BCUT2D eigenvalue weighted by atomic mass is 16.7. The van der Waals surface area contributed by atoms with Crippen LogP contribution in [0.15, 0.2) is 23.2 Å². The summed E-state index contributed by atoms with van der Waals surface area (Å²) in [4.78, 5) is 20.6. The van der Waals surface area contributed by atoms with Crippen LogP contribution in [-0.4, -0.2) is 81.8 Å². The molecule has 2 N–H and O–H groups in total. The lowest BCUT2D eigenvalue weighted by molar-refractivity contribution is -0.133. The Kier molecular flexibility index (Phi) is 7.57. The molecule has 1 amide bonds. The van der Waals surface area contributed by atoms with Gasteiger partial charge >= 0.3 is 0 Å². The SMILES string of the molecule is CN=C(NCCCN1CCCC1C(=O)N(C)C)NCCc1ccc2c(c1)OCO2. The Morgan fingerprint density at radius 1 is 1.24 bits per heavy atom. The number of guanidine groups is 1. The first-order valence-corrected chi connectivity index (χ1v) is 10.4. The molecule has 1 atom stereocenters. The number of ether oxygens (including phenoxy) is 2. The van der Waals surface area contributed by atoms with E-state index in [0.717, 1.165) is 69.3 Å². The van der Waals surface area contributed by atoms with Crippen molar-refractivity contribution in [2.75, 3.05) is 54.1 Å². The maximum absolute atomic E-state index is 12.3. The molecule has 2 aliphatic rings. The van der Waals surface area contributed by atoms with Gasteiger partial charge in [-0.3, -0.25) is 14.7 Å². The van der Waals surface area contributed by atoms with Crippen LogP contribution in [0.3, 0.4) is 0 Å². The van der Waals surface area contributed by atoms with Crippen LogP contribution < -0.4 is 20.1 Å². The largest absolute Gasteiger partial charge is 0.454 e. The van der Waals surface area contributed by atoms with E-state index in [4.69, 9.17) is 9.47 Å². The minimum absolute atomic E-state index is 0.0455. The lowest BCUT2D eigenvalue weighted by atomic mass is 10.1. The maximum Gasteiger partial charge on any atom is 0.239 e. The molecule has 160 valence electrons. The number of carbonyl (C=O) groups is 1. The molecule has 3 rings (SSSR count). The number of benzene rings is 1. The van der Waals surface area contributed by atoms with Crippen molar-refractivity contribution in [3.05, 3.63) is 23.8 Å². The van der Waals surface area contributed by atoms with Crippen molar-refractivity contribution >= 4 is 11.9 Å². The van der Waals surface area contributed by atoms with E-state index >= 15 is 0 Å². The number of amides is 1. The van der Waals surface area contributed by atoms with E-state index in [1.54, 1.807) is 11.9 Å². The molecule has 8 nitrogen and oxygen atoms in total. The van der Waals surface area contributed by atoms with Crippen LogP contribution in [0.2, 0.25) is 0 Å². The number of carbonyl (C=O) groups excluding carboxylic acids is 1. The van der Waals surface area contributed by atoms with Gasteiger partial charge in [0.05, 0.1) is 6.04 Å². The molecule has 2 heterocycles. The third kappa shape index (κ3) is 5.76.